The van der Waals surface area contributed by atoms with Crippen molar-refractivity contribution in [2.24, 2.45) is 0 Å². The highest BCUT2D eigenvalue weighted by Gasteiger charge is 2.15. The number of carbonyl (C=O) groups is 1. The first-order valence-corrected chi connectivity index (χ1v) is 8.54. The number of thiocarbonyl (C=S) groups is 1. The number of hydrogen-bond donors (Lipinski definition) is 1. The van der Waals surface area contributed by atoms with E-state index in [9.17, 15) is 4.79 Å². The minimum atomic E-state index is -0.113. The molecule has 0 radical (unpaired) electrons. The highest BCUT2D eigenvalue weighted by atomic mass is 32.2. The van der Waals surface area contributed by atoms with Crippen LogP contribution in [0.3, 0.4) is 0 Å². The second kappa shape index (κ2) is 8.95. The molecule has 0 spiro atoms. The summed E-state index contributed by atoms with van der Waals surface area (Å²) in [4.78, 5) is 14.1. The molecule has 1 aliphatic heterocycles. The van der Waals surface area contributed by atoms with E-state index in [4.69, 9.17) is 26.4 Å². The summed E-state index contributed by atoms with van der Waals surface area (Å²) in [5.41, 5.74) is 0.658. The van der Waals surface area contributed by atoms with E-state index in [0.29, 0.717) is 30.4 Å². The van der Waals surface area contributed by atoms with Crippen LogP contribution in [0.4, 0.5) is 5.69 Å². The summed E-state index contributed by atoms with van der Waals surface area (Å²) in [5, 5.41) is 2.83. The summed E-state index contributed by atoms with van der Waals surface area (Å²) >= 11 is 6.71. The summed E-state index contributed by atoms with van der Waals surface area (Å²) in [6, 6.07) is 5.24. The van der Waals surface area contributed by atoms with E-state index in [2.05, 4.69) is 10.2 Å². The molecule has 1 fully saturated rings. The summed E-state index contributed by atoms with van der Waals surface area (Å²) in [6.07, 6.45) is 0. The van der Waals surface area contributed by atoms with Crippen LogP contribution < -0.4 is 14.8 Å². The molecule has 0 atom stereocenters. The van der Waals surface area contributed by atoms with Gasteiger partial charge in [-0.1, -0.05) is 24.0 Å². The lowest BCUT2D eigenvalue weighted by Crippen LogP contribution is -2.39. The number of carbonyl (C=O) groups excluding carboxylic acids is 1. The van der Waals surface area contributed by atoms with Gasteiger partial charge in [0.2, 0.25) is 5.91 Å². The van der Waals surface area contributed by atoms with Crippen LogP contribution in [0, 0.1) is 0 Å². The van der Waals surface area contributed by atoms with E-state index in [0.717, 1.165) is 17.4 Å². The van der Waals surface area contributed by atoms with Gasteiger partial charge in [-0.25, -0.2) is 0 Å². The fourth-order valence-corrected chi connectivity index (χ4v) is 3.13. The summed E-state index contributed by atoms with van der Waals surface area (Å²) in [7, 11) is 3.12. The van der Waals surface area contributed by atoms with Crippen LogP contribution in [-0.2, 0) is 9.53 Å². The second-order valence-corrected chi connectivity index (χ2v) is 6.38. The Hall–Kier alpha value is -1.51. The molecule has 126 valence electrons. The highest BCUT2D eigenvalue weighted by molar-refractivity contribution is 8.23. The molecule has 0 saturated carbocycles. The minimum Gasteiger partial charge on any atom is -0.493 e. The van der Waals surface area contributed by atoms with Gasteiger partial charge in [0, 0.05) is 24.8 Å². The fraction of sp³-hybridized carbons (Fsp3) is 0.467. The van der Waals surface area contributed by atoms with E-state index < -0.39 is 0 Å². The molecule has 2 rings (SSSR count). The Morgan fingerprint density at radius 3 is 2.65 bits per heavy atom. The average Bonchev–Trinajstić information content (AvgIpc) is 2.60. The predicted molar refractivity (Wildman–Crippen MR) is 95.6 cm³/mol. The molecule has 1 aliphatic rings. The van der Waals surface area contributed by atoms with Crippen LogP contribution >= 0.6 is 24.0 Å². The molecule has 1 aromatic rings. The fourth-order valence-electron chi connectivity index (χ4n) is 2.08. The Balaban J connectivity index is 1.83. The van der Waals surface area contributed by atoms with Crippen LogP contribution in [0.25, 0.3) is 0 Å². The number of rotatable bonds is 5. The lowest BCUT2D eigenvalue weighted by atomic mass is 10.2. The Labute approximate surface area is 145 Å². The number of hydrogen-bond acceptors (Lipinski definition) is 6. The van der Waals surface area contributed by atoms with Crippen molar-refractivity contribution < 1.29 is 19.0 Å². The standard InChI is InChI=1S/C15H20N2O4S2/c1-19-12-4-3-11(9-13(12)20-2)16-14(18)10-23-15(22)17-5-7-21-8-6-17/h3-4,9H,5-8,10H2,1-2H3,(H,16,18). The van der Waals surface area contributed by atoms with Gasteiger partial charge in [-0.2, -0.15) is 0 Å². The Bertz CT molecular complexity index is 562. The molecule has 8 heteroatoms. The van der Waals surface area contributed by atoms with Gasteiger partial charge in [-0.05, 0) is 12.1 Å². The first kappa shape index (κ1) is 17.8. The zero-order valence-corrected chi connectivity index (χ0v) is 14.8. The number of benzene rings is 1. The van der Waals surface area contributed by atoms with Crippen molar-refractivity contribution in [1.82, 2.24) is 4.90 Å². The molecule has 1 aromatic carbocycles. The molecule has 0 bridgehead atoms. The number of amides is 1. The maximum Gasteiger partial charge on any atom is 0.234 e. The second-order valence-electron chi connectivity index (χ2n) is 4.77. The molecule has 6 nitrogen and oxygen atoms in total. The van der Waals surface area contributed by atoms with Gasteiger partial charge in [-0.15, -0.1) is 0 Å². The maximum absolute atomic E-state index is 12.0. The molecule has 1 amide bonds. The molecular weight excluding hydrogens is 336 g/mol. The summed E-state index contributed by atoms with van der Waals surface area (Å²) in [5.74, 6) is 1.35. The largest absolute Gasteiger partial charge is 0.493 e. The van der Waals surface area contributed by atoms with E-state index in [1.54, 1.807) is 32.4 Å². The number of thioether (sulfide) groups is 1. The normalized spacial score (nSPS) is 14.3. The first-order chi connectivity index (χ1) is 11.1. The van der Waals surface area contributed by atoms with E-state index in [-0.39, 0.29) is 11.7 Å². The van der Waals surface area contributed by atoms with Crippen molar-refractivity contribution in [3.05, 3.63) is 18.2 Å². The monoisotopic (exact) mass is 356 g/mol. The van der Waals surface area contributed by atoms with Gasteiger partial charge in [-0.3, -0.25) is 4.79 Å². The Morgan fingerprint density at radius 1 is 1.30 bits per heavy atom. The number of anilines is 1. The van der Waals surface area contributed by atoms with Gasteiger partial charge < -0.3 is 24.4 Å². The van der Waals surface area contributed by atoms with Crippen molar-refractivity contribution in [2.75, 3.05) is 51.6 Å². The van der Waals surface area contributed by atoms with Crippen molar-refractivity contribution >= 4 is 39.9 Å². The van der Waals surface area contributed by atoms with Crippen LogP contribution in [-0.4, -0.2) is 61.4 Å². The van der Waals surface area contributed by atoms with Crippen molar-refractivity contribution in [3.63, 3.8) is 0 Å². The molecule has 0 aliphatic carbocycles. The maximum atomic E-state index is 12.0. The van der Waals surface area contributed by atoms with Crippen molar-refractivity contribution in [2.45, 2.75) is 0 Å². The van der Waals surface area contributed by atoms with Crippen LogP contribution in [0.5, 0.6) is 11.5 Å². The molecule has 0 aromatic heterocycles. The lowest BCUT2D eigenvalue weighted by Gasteiger charge is -2.28. The Kier molecular flexibility index (Phi) is 6.94. The smallest absolute Gasteiger partial charge is 0.234 e. The first-order valence-electron chi connectivity index (χ1n) is 7.15. The number of nitrogens with zero attached hydrogens (tertiary/aromatic N) is 1. The van der Waals surface area contributed by atoms with E-state index >= 15 is 0 Å². The molecular formula is C15H20N2O4S2. The Morgan fingerprint density at radius 2 is 2.00 bits per heavy atom. The highest BCUT2D eigenvalue weighted by Crippen LogP contribution is 2.29. The third-order valence-corrected chi connectivity index (χ3v) is 4.79. The number of ether oxygens (including phenoxy) is 3. The van der Waals surface area contributed by atoms with Gasteiger partial charge in [0.1, 0.15) is 4.32 Å². The van der Waals surface area contributed by atoms with Crippen molar-refractivity contribution in [1.29, 1.82) is 0 Å². The van der Waals surface area contributed by atoms with Crippen LogP contribution in [0.15, 0.2) is 18.2 Å². The third-order valence-electron chi connectivity index (χ3n) is 3.26. The molecule has 23 heavy (non-hydrogen) atoms. The van der Waals surface area contributed by atoms with Crippen LogP contribution in [0.2, 0.25) is 0 Å². The molecule has 1 heterocycles. The van der Waals surface area contributed by atoms with Crippen molar-refractivity contribution in [3.8, 4) is 11.5 Å². The van der Waals surface area contributed by atoms with Gasteiger partial charge in [0.05, 0.1) is 33.2 Å². The molecule has 1 saturated heterocycles. The van der Waals surface area contributed by atoms with Gasteiger partial charge in [0.15, 0.2) is 11.5 Å². The zero-order valence-electron chi connectivity index (χ0n) is 13.2. The zero-order chi connectivity index (χ0) is 16.7. The SMILES string of the molecule is COc1ccc(NC(=O)CSC(=S)N2CCOCC2)cc1OC. The topological polar surface area (TPSA) is 60.0 Å². The number of nitrogens with one attached hydrogen (secondary N) is 1. The van der Waals surface area contributed by atoms with Gasteiger partial charge >= 0.3 is 0 Å². The average molecular weight is 356 g/mol. The minimum absolute atomic E-state index is 0.113. The van der Waals surface area contributed by atoms with Crippen LogP contribution in [0.1, 0.15) is 0 Å². The summed E-state index contributed by atoms with van der Waals surface area (Å²) < 4.78 is 16.4. The third kappa shape index (κ3) is 5.26. The summed E-state index contributed by atoms with van der Waals surface area (Å²) in [6.45, 7) is 2.92. The molecule has 0 unspecified atom stereocenters. The number of morpholine rings is 1. The predicted octanol–water partition coefficient (Wildman–Crippen LogP) is 1.99. The lowest BCUT2D eigenvalue weighted by molar-refractivity contribution is -0.113. The quantitative estimate of drug-likeness (QED) is 0.810. The number of methoxy groups -OCH3 is 2. The van der Waals surface area contributed by atoms with E-state index in [1.165, 1.54) is 11.8 Å². The van der Waals surface area contributed by atoms with E-state index in [1.807, 2.05) is 0 Å². The van der Waals surface area contributed by atoms with Gasteiger partial charge in [0.25, 0.3) is 0 Å². The molecule has 1 N–H and O–H groups in total.